The van der Waals surface area contributed by atoms with Gasteiger partial charge in [0.1, 0.15) is 0 Å². The van der Waals surface area contributed by atoms with E-state index in [4.69, 9.17) is 4.74 Å². The lowest BCUT2D eigenvalue weighted by Gasteiger charge is -2.47. The van der Waals surface area contributed by atoms with E-state index in [0.29, 0.717) is 38.8 Å². The number of aliphatic hydroxyl groups is 1. The number of carbonyl (C=O) groups excluding carboxylic acids is 1. The summed E-state index contributed by atoms with van der Waals surface area (Å²) >= 11 is 0. The number of nitrogens with one attached hydrogen (secondary N) is 2. The van der Waals surface area contributed by atoms with Gasteiger partial charge in [-0.1, -0.05) is 54.6 Å². The monoisotopic (exact) mass is 605 g/mol. The van der Waals surface area contributed by atoms with Gasteiger partial charge in [0.2, 0.25) is 5.82 Å². The molecule has 2 atom stereocenters. The number of hydrogen-bond donors (Lipinski definition) is 3. The predicted molar refractivity (Wildman–Crippen MR) is 162 cm³/mol. The molecule has 2 fully saturated rings. The third-order valence-corrected chi connectivity index (χ3v) is 8.97. The summed E-state index contributed by atoms with van der Waals surface area (Å²) in [7, 11) is 0. The molecule has 2 bridgehead atoms. The summed E-state index contributed by atoms with van der Waals surface area (Å²) in [4.78, 5) is 16.0. The van der Waals surface area contributed by atoms with E-state index in [9.17, 15) is 23.1 Å². The fourth-order valence-electron chi connectivity index (χ4n) is 6.41. The van der Waals surface area contributed by atoms with Gasteiger partial charge in [0.25, 0.3) is 5.91 Å². The number of fused-ring (bicyclic) bond motifs is 2. The maximum Gasteiger partial charge on any atom is 0.251 e. The van der Waals surface area contributed by atoms with E-state index in [1.165, 1.54) is 0 Å². The number of aliphatic hydroxyl groups excluding tert-OH is 1. The Morgan fingerprint density at radius 3 is 2.48 bits per heavy atom. The average Bonchev–Trinajstić information content (AvgIpc) is 3.88. The Labute approximate surface area is 255 Å². The first-order valence-corrected chi connectivity index (χ1v) is 15.4. The van der Waals surface area contributed by atoms with Crippen LogP contribution in [0.4, 0.5) is 13.2 Å². The number of benzene rings is 3. The number of amides is 1. The Morgan fingerprint density at radius 1 is 0.977 bits per heavy atom. The molecule has 1 saturated carbocycles. The molecule has 6 rings (SSSR count). The van der Waals surface area contributed by atoms with E-state index in [0.717, 1.165) is 59.3 Å². The Bertz CT molecular complexity index is 1530. The van der Waals surface area contributed by atoms with Crippen molar-refractivity contribution in [3.05, 3.63) is 112 Å². The molecular formula is C35H38F3N3O3. The van der Waals surface area contributed by atoms with Crippen LogP contribution < -0.4 is 15.4 Å². The molecule has 1 amide bonds. The largest absolute Gasteiger partial charge is 0.488 e. The molecule has 1 saturated heterocycles. The quantitative estimate of drug-likeness (QED) is 0.202. The SMILES string of the molecule is O=C(C1=CCC2(c3ccc(CCCOc4c(F)ccc(F)c4F)cc3)CNCC1N2)N(Cc1ccccc1CCO)C1CC1. The van der Waals surface area contributed by atoms with Crippen molar-refractivity contribution in [3.8, 4) is 5.75 Å². The van der Waals surface area contributed by atoms with Crippen LogP contribution in [0.3, 0.4) is 0 Å². The van der Waals surface area contributed by atoms with Gasteiger partial charge >= 0.3 is 0 Å². The Hall–Kier alpha value is -3.66. The molecule has 232 valence electrons. The summed E-state index contributed by atoms with van der Waals surface area (Å²) in [5.74, 6) is -3.97. The van der Waals surface area contributed by atoms with E-state index in [1.54, 1.807) is 0 Å². The van der Waals surface area contributed by atoms with Gasteiger partial charge in [0.15, 0.2) is 17.4 Å². The highest BCUT2D eigenvalue weighted by Crippen LogP contribution is 2.37. The first-order valence-electron chi connectivity index (χ1n) is 15.4. The third kappa shape index (κ3) is 6.41. The summed E-state index contributed by atoms with van der Waals surface area (Å²) in [5, 5.41) is 16.9. The number of halogens is 3. The second kappa shape index (κ2) is 13.1. The molecule has 6 nitrogen and oxygen atoms in total. The molecule has 44 heavy (non-hydrogen) atoms. The fraction of sp³-hybridized carbons (Fsp3) is 0.400. The number of aryl methyl sites for hydroxylation is 1. The van der Waals surface area contributed by atoms with E-state index in [-0.39, 0.29) is 36.7 Å². The van der Waals surface area contributed by atoms with Crippen molar-refractivity contribution < 1.29 is 27.8 Å². The highest BCUT2D eigenvalue weighted by molar-refractivity contribution is 5.95. The zero-order valence-electron chi connectivity index (χ0n) is 24.6. The van der Waals surface area contributed by atoms with Crippen LogP contribution in [0.5, 0.6) is 5.75 Å². The van der Waals surface area contributed by atoms with Gasteiger partial charge in [-0.15, -0.1) is 0 Å². The van der Waals surface area contributed by atoms with Gasteiger partial charge in [-0.25, -0.2) is 8.78 Å². The normalized spacial score (nSPS) is 21.1. The number of nitrogens with zero attached hydrogens (tertiary/aromatic N) is 1. The van der Waals surface area contributed by atoms with Crippen molar-refractivity contribution >= 4 is 5.91 Å². The lowest BCUT2D eigenvalue weighted by molar-refractivity contribution is -0.129. The average molecular weight is 606 g/mol. The molecule has 3 aromatic rings. The molecule has 2 aliphatic heterocycles. The Kier molecular flexibility index (Phi) is 9.07. The number of ether oxygens (including phenoxy) is 1. The van der Waals surface area contributed by atoms with Crippen molar-refractivity contribution in [2.75, 3.05) is 26.3 Å². The lowest BCUT2D eigenvalue weighted by Crippen LogP contribution is -2.65. The molecule has 0 aromatic heterocycles. The van der Waals surface area contributed by atoms with E-state index < -0.39 is 23.2 Å². The van der Waals surface area contributed by atoms with Crippen LogP contribution in [0.2, 0.25) is 0 Å². The molecular weight excluding hydrogens is 567 g/mol. The van der Waals surface area contributed by atoms with E-state index in [1.807, 2.05) is 35.2 Å². The summed E-state index contributed by atoms with van der Waals surface area (Å²) in [6.07, 6.45) is 6.54. The van der Waals surface area contributed by atoms with Gasteiger partial charge in [0, 0.05) is 37.9 Å². The van der Waals surface area contributed by atoms with Crippen LogP contribution in [0.25, 0.3) is 0 Å². The van der Waals surface area contributed by atoms with Crippen molar-refractivity contribution in [2.45, 2.75) is 62.7 Å². The summed E-state index contributed by atoms with van der Waals surface area (Å²) in [6.45, 7) is 2.08. The van der Waals surface area contributed by atoms with Crippen LogP contribution >= 0.6 is 0 Å². The van der Waals surface area contributed by atoms with Crippen LogP contribution in [-0.2, 0) is 29.7 Å². The number of rotatable bonds is 12. The minimum absolute atomic E-state index is 0.0582. The minimum atomic E-state index is -1.31. The standard InChI is InChI=1S/C35H38F3N3O3/c36-29-13-14-30(37)33(32(29)38)44-19-3-4-23-7-9-26(10-8-23)35-17-15-28(31(40-35)20-39-22-35)34(43)41(27-11-12-27)21-25-6-2-1-5-24(25)16-18-42/h1-2,5-10,13-15,27,31,39-40,42H,3-4,11-12,16-22H2. The first-order chi connectivity index (χ1) is 21.4. The van der Waals surface area contributed by atoms with Crippen molar-refractivity contribution in [3.63, 3.8) is 0 Å². The van der Waals surface area contributed by atoms with Gasteiger partial charge < -0.3 is 20.1 Å². The summed E-state index contributed by atoms with van der Waals surface area (Å²) in [5.41, 5.74) is 4.81. The molecule has 0 radical (unpaired) electrons. The van der Waals surface area contributed by atoms with Gasteiger partial charge in [-0.2, -0.15) is 4.39 Å². The second-order valence-electron chi connectivity index (χ2n) is 12.0. The van der Waals surface area contributed by atoms with E-state index >= 15 is 0 Å². The zero-order chi connectivity index (χ0) is 30.7. The van der Waals surface area contributed by atoms with Crippen molar-refractivity contribution in [2.24, 2.45) is 0 Å². The third-order valence-electron chi connectivity index (χ3n) is 8.97. The summed E-state index contributed by atoms with van der Waals surface area (Å²) < 4.78 is 46.2. The number of hydrogen-bond acceptors (Lipinski definition) is 5. The van der Waals surface area contributed by atoms with Crippen LogP contribution in [0.1, 0.15) is 47.9 Å². The van der Waals surface area contributed by atoms with Crippen LogP contribution in [0.15, 0.2) is 72.3 Å². The summed E-state index contributed by atoms with van der Waals surface area (Å²) in [6, 6.07) is 18.0. The fourth-order valence-corrected chi connectivity index (χ4v) is 6.41. The molecule has 1 aliphatic carbocycles. The van der Waals surface area contributed by atoms with Crippen LogP contribution in [-0.4, -0.2) is 54.3 Å². The predicted octanol–water partition coefficient (Wildman–Crippen LogP) is 4.93. The smallest absolute Gasteiger partial charge is 0.251 e. The molecule has 0 spiro atoms. The van der Waals surface area contributed by atoms with Gasteiger partial charge in [0.05, 0.1) is 18.2 Å². The van der Waals surface area contributed by atoms with Gasteiger partial charge in [-0.05, 0) is 72.9 Å². The maximum atomic E-state index is 14.0. The Morgan fingerprint density at radius 2 is 1.73 bits per heavy atom. The minimum Gasteiger partial charge on any atom is -0.488 e. The first kappa shape index (κ1) is 30.4. The highest BCUT2D eigenvalue weighted by Gasteiger charge is 2.44. The zero-order valence-corrected chi connectivity index (χ0v) is 24.6. The maximum absolute atomic E-state index is 14.0. The molecule has 3 aliphatic rings. The van der Waals surface area contributed by atoms with Crippen molar-refractivity contribution in [1.29, 1.82) is 0 Å². The molecule has 3 aromatic carbocycles. The van der Waals surface area contributed by atoms with E-state index in [2.05, 4.69) is 34.9 Å². The second-order valence-corrected chi connectivity index (χ2v) is 12.0. The van der Waals surface area contributed by atoms with Crippen molar-refractivity contribution in [1.82, 2.24) is 15.5 Å². The molecule has 9 heteroatoms. The molecule has 3 N–H and O–H groups in total. The molecule has 2 heterocycles. The topological polar surface area (TPSA) is 73.8 Å². The number of carbonyl (C=O) groups is 1. The highest BCUT2D eigenvalue weighted by atomic mass is 19.2. The lowest BCUT2D eigenvalue weighted by atomic mass is 9.78. The Balaban J connectivity index is 1.10. The number of piperazine rings is 1. The van der Waals surface area contributed by atoms with Gasteiger partial charge in [-0.3, -0.25) is 10.1 Å². The van der Waals surface area contributed by atoms with Crippen LogP contribution in [0, 0.1) is 17.5 Å². The molecule has 2 unspecified atom stereocenters.